The van der Waals surface area contributed by atoms with Crippen molar-refractivity contribution in [2.24, 2.45) is 0 Å². The van der Waals surface area contributed by atoms with Gasteiger partial charge in [0.15, 0.2) is 0 Å². The minimum atomic E-state index is -1.00. The molecule has 0 unspecified atom stereocenters. The summed E-state index contributed by atoms with van der Waals surface area (Å²) in [6.07, 6.45) is 0. The summed E-state index contributed by atoms with van der Waals surface area (Å²) in [6, 6.07) is 12.1. The van der Waals surface area contributed by atoms with E-state index in [2.05, 4.69) is 0 Å². The summed E-state index contributed by atoms with van der Waals surface area (Å²) in [6.45, 7) is 0. The van der Waals surface area contributed by atoms with Gasteiger partial charge in [0, 0.05) is 12.7 Å². The lowest BCUT2D eigenvalue weighted by Gasteiger charge is -2.20. The summed E-state index contributed by atoms with van der Waals surface area (Å²) in [4.78, 5) is 12.5. The van der Waals surface area contributed by atoms with E-state index in [1.807, 2.05) is 6.07 Å². The summed E-state index contributed by atoms with van der Waals surface area (Å²) in [5.41, 5.74) is 1.66. The molecule has 0 radical (unpaired) electrons. The van der Waals surface area contributed by atoms with Crippen LogP contribution in [0.3, 0.4) is 0 Å². The number of nitrogens with zero attached hydrogens (tertiary/aromatic N) is 2. The SMILES string of the molecule is CN(c1ccc(C(=O)O)cc1)c1ccc(F)cc1C#N. The first-order chi connectivity index (χ1) is 9.52. The molecule has 0 aliphatic rings. The average molecular weight is 270 g/mol. The zero-order valence-corrected chi connectivity index (χ0v) is 10.7. The van der Waals surface area contributed by atoms with Gasteiger partial charge in [0.05, 0.1) is 16.8 Å². The number of hydrogen-bond donors (Lipinski definition) is 1. The number of carboxylic acids is 1. The van der Waals surface area contributed by atoms with E-state index < -0.39 is 11.8 Å². The van der Waals surface area contributed by atoms with E-state index in [0.29, 0.717) is 11.4 Å². The van der Waals surface area contributed by atoms with Crippen LogP contribution in [0.5, 0.6) is 0 Å². The fourth-order valence-corrected chi connectivity index (χ4v) is 1.86. The van der Waals surface area contributed by atoms with E-state index >= 15 is 0 Å². The minimum absolute atomic E-state index is 0.182. The maximum Gasteiger partial charge on any atom is 0.335 e. The van der Waals surface area contributed by atoms with Crippen LogP contribution < -0.4 is 4.90 Å². The van der Waals surface area contributed by atoms with Gasteiger partial charge in [-0.05, 0) is 42.5 Å². The van der Waals surface area contributed by atoms with Crippen LogP contribution in [0.1, 0.15) is 15.9 Å². The fraction of sp³-hybridized carbons (Fsp3) is 0.0667. The van der Waals surface area contributed by atoms with Crippen molar-refractivity contribution >= 4 is 17.3 Å². The Balaban J connectivity index is 2.38. The monoisotopic (exact) mass is 270 g/mol. The van der Waals surface area contributed by atoms with Crippen LogP contribution in [-0.4, -0.2) is 18.1 Å². The van der Waals surface area contributed by atoms with Crippen molar-refractivity contribution in [3.8, 4) is 6.07 Å². The van der Waals surface area contributed by atoms with Crippen molar-refractivity contribution in [1.82, 2.24) is 0 Å². The second-order valence-electron chi connectivity index (χ2n) is 4.18. The molecule has 2 aromatic carbocycles. The first kappa shape index (κ1) is 13.6. The summed E-state index contributed by atoms with van der Waals surface area (Å²) >= 11 is 0. The van der Waals surface area contributed by atoms with Gasteiger partial charge in [0.2, 0.25) is 0 Å². The van der Waals surface area contributed by atoms with E-state index in [4.69, 9.17) is 10.4 Å². The van der Waals surface area contributed by atoms with Crippen LogP contribution in [0.2, 0.25) is 0 Å². The molecule has 0 spiro atoms. The maximum absolute atomic E-state index is 13.1. The highest BCUT2D eigenvalue weighted by Gasteiger charge is 2.11. The summed E-state index contributed by atoms with van der Waals surface area (Å²) < 4.78 is 13.1. The Bertz CT molecular complexity index is 690. The van der Waals surface area contributed by atoms with Crippen LogP contribution in [0, 0.1) is 17.1 Å². The zero-order chi connectivity index (χ0) is 14.7. The maximum atomic E-state index is 13.1. The molecule has 0 fully saturated rings. The van der Waals surface area contributed by atoms with Gasteiger partial charge in [-0.2, -0.15) is 5.26 Å². The summed E-state index contributed by atoms with van der Waals surface area (Å²) in [5.74, 6) is -1.47. The second-order valence-corrected chi connectivity index (χ2v) is 4.18. The number of hydrogen-bond acceptors (Lipinski definition) is 3. The summed E-state index contributed by atoms with van der Waals surface area (Å²) in [7, 11) is 1.73. The predicted molar refractivity (Wildman–Crippen MR) is 72.6 cm³/mol. The standard InChI is InChI=1S/C15H11FN2O2/c1-18(13-5-2-10(3-6-13)15(19)20)14-7-4-12(16)8-11(14)9-17/h2-8H,1H3,(H,19,20). The van der Waals surface area contributed by atoms with Gasteiger partial charge in [-0.15, -0.1) is 0 Å². The Labute approximate surface area is 115 Å². The smallest absolute Gasteiger partial charge is 0.335 e. The van der Waals surface area contributed by atoms with Gasteiger partial charge < -0.3 is 10.0 Å². The molecule has 0 saturated heterocycles. The Hall–Kier alpha value is -2.87. The van der Waals surface area contributed by atoms with Gasteiger partial charge in [0.1, 0.15) is 11.9 Å². The first-order valence-electron chi connectivity index (χ1n) is 5.79. The van der Waals surface area contributed by atoms with Gasteiger partial charge in [-0.25, -0.2) is 9.18 Å². The minimum Gasteiger partial charge on any atom is -0.478 e. The molecule has 5 heteroatoms. The van der Waals surface area contributed by atoms with Crippen LogP contribution >= 0.6 is 0 Å². The predicted octanol–water partition coefficient (Wildman–Crippen LogP) is 3.16. The van der Waals surface area contributed by atoms with Crippen LogP contribution in [0.4, 0.5) is 15.8 Å². The Morgan fingerprint density at radius 3 is 2.45 bits per heavy atom. The van der Waals surface area contributed by atoms with Crippen molar-refractivity contribution in [2.45, 2.75) is 0 Å². The number of carbonyl (C=O) groups is 1. The van der Waals surface area contributed by atoms with E-state index in [1.54, 1.807) is 24.1 Å². The van der Waals surface area contributed by atoms with Crippen molar-refractivity contribution in [3.63, 3.8) is 0 Å². The van der Waals surface area contributed by atoms with Gasteiger partial charge >= 0.3 is 5.97 Å². The molecule has 2 aromatic rings. The van der Waals surface area contributed by atoms with E-state index in [9.17, 15) is 9.18 Å². The first-order valence-corrected chi connectivity index (χ1v) is 5.79. The van der Waals surface area contributed by atoms with Crippen molar-refractivity contribution in [1.29, 1.82) is 5.26 Å². The van der Waals surface area contributed by atoms with Gasteiger partial charge in [-0.1, -0.05) is 0 Å². The molecule has 0 aliphatic heterocycles. The number of benzene rings is 2. The number of anilines is 2. The largest absolute Gasteiger partial charge is 0.478 e. The molecule has 0 heterocycles. The number of rotatable bonds is 3. The lowest BCUT2D eigenvalue weighted by molar-refractivity contribution is 0.0697. The Morgan fingerprint density at radius 2 is 1.90 bits per heavy atom. The van der Waals surface area contributed by atoms with Gasteiger partial charge in [-0.3, -0.25) is 0 Å². The summed E-state index contributed by atoms with van der Waals surface area (Å²) in [5, 5.41) is 17.9. The number of nitriles is 1. The number of halogens is 1. The lowest BCUT2D eigenvalue weighted by Crippen LogP contribution is -2.11. The molecule has 0 atom stereocenters. The van der Waals surface area contributed by atoms with E-state index in [0.717, 1.165) is 6.07 Å². The highest BCUT2D eigenvalue weighted by atomic mass is 19.1. The molecule has 0 aromatic heterocycles. The zero-order valence-electron chi connectivity index (χ0n) is 10.7. The van der Waals surface area contributed by atoms with E-state index in [-0.39, 0.29) is 11.1 Å². The topological polar surface area (TPSA) is 64.3 Å². The molecular weight excluding hydrogens is 259 g/mol. The third-order valence-corrected chi connectivity index (χ3v) is 2.94. The molecule has 0 aliphatic carbocycles. The van der Waals surface area contributed by atoms with Crippen LogP contribution in [0.25, 0.3) is 0 Å². The van der Waals surface area contributed by atoms with Crippen LogP contribution in [0.15, 0.2) is 42.5 Å². The van der Waals surface area contributed by atoms with Crippen molar-refractivity contribution < 1.29 is 14.3 Å². The molecule has 0 saturated carbocycles. The molecule has 2 rings (SSSR count). The highest BCUT2D eigenvalue weighted by molar-refractivity contribution is 5.88. The van der Waals surface area contributed by atoms with Crippen molar-refractivity contribution in [3.05, 3.63) is 59.4 Å². The molecule has 100 valence electrons. The quantitative estimate of drug-likeness (QED) is 0.930. The Morgan fingerprint density at radius 1 is 1.25 bits per heavy atom. The van der Waals surface area contributed by atoms with Crippen molar-refractivity contribution in [2.75, 3.05) is 11.9 Å². The normalized spacial score (nSPS) is 9.85. The third kappa shape index (κ3) is 2.59. The highest BCUT2D eigenvalue weighted by Crippen LogP contribution is 2.27. The Kier molecular flexibility index (Phi) is 3.67. The molecule has 20 heavy (non-hydrogen) atoms. The van der Waals surface area contributed by atoms with E-state index in [1.165, 1.54) is 24.3 Å². The average Bonchev–Trinajstić information content (AvgIpc) is 2.46. The number of aromatic carboxylic acids is 1. The lowest BCUT2D eigenvalue weighted by atomic mass is 10.1. The molecule has 4 nitrogen and oxygen atoms in total. The molecule has 0 amide bonds. The molecule has 0 bridgehead atoms. The fourth-order valence-electron chi connectivity index (χ4n) is 1.86. The molecular formula is C15H11FN2O2. The third-order valence-electron chi connectivity index (χ3n) is 2.94. The number of carboxylic acid groups (broad SMARTS) is 1. The van der Waals surface area contributed by atoms with Gasteiger partial charge in [0.25, 0.3) is 0 Å². The second kappa shape index (κ2) is 5.41. The molecule has 1 N–H and O–H groups in total. The van der Waals surface area contributed by atoms with Crippen LogP contribution in [-0.2, 0) is 0 Å².